The molecule has 0 atom stereocenters. The van der Waals surface area contributed by atoms with Gasteiger partial charge in [0.05, 0.1) is 0 Å². The Bertz CT molecular complexity index is 847. The van der Waals surface area contributed by atoms with Gasteiger partial charge in [-0.3, -0.25) is 0 Å². The van der Waals surface area contributed by atoms with E-state index >= 15 is 0 Å². The highest BCUT2D eigenvalue weighted by atomic mass is 79.9. The molecule has 0 bridgehead atoms. The molecule has 0 unspecified atom stereocenters. The van der Waals surface area contributed by atoms with Crippen LogP contribution in [0.2, 0.25) is 0 Å². The van der Waals surface area contributed by atoms with Gasteiger partial charge in [-0.1, -0.05) is 77.5 Å². The van der Waals surface area contributed by atoms with Crippen LogP contribution in [0.25, 0.3) is 11.1 Å². The van der Waals surface area contributed by atoms with E-state index in [1.165, 1.54) is 22.3 Å². The lowest BCUT2D eigenvalue weighted by atomic mass is 9.89. The molecule has 0 aromatic heterocycles. The largest absolute Gasteiger partial charge is 0.508 e. The van der Waals surface area contributed by atoms with Crippen molar-refractivity contribution in [2.75, 3.05) is 0 Å². The third-order valence-electron chi connectivity index (χ3n) is 4.35. The summed E-state index contributed by atoms with van der Waals surface area (Å²) >= 11 is 3.50. The van der Waals surface area contributed by atoms with Gasteiger partial charge in [0.25, 0.3) is 0 Å². The molecular weight excluding hydrogens is 372 g/mol. The van der Waals surface area contributed by atoms with Gasteiger partial charge in [-0.25, -0.2) is 0 Å². The Morgan fingerprint density at radius 1 is 0.760 bits per heavy atom. The van der Waals surface area contributed by atoms with Crippen molar-refractivity contribution in [2.24, 2.45) is 0 Å². The molecule has 126 valence electrons. The van der Waals surface area contributed by atoms with E-state index in [1.54, 1.807) is 12.1 Å². The summed E-state index contributed by atoms with van der Waals surface area (Å²) in [4.78, 5) is 0. The van der Waals surface area contributed by atoms with Crippen molar-refractivity contribution in [2.45, 2.75) is 19.8 Å². The van der Waals surface area contributed by atoms with Crippen LogP contribution in [0.4, 0.5) is 0 Å². The van der Waals surface area contributed by atoms with Crippen LogP contribution in [0.1, 0.15) is 30.0 Å². The fraction of sp³-hybridized carbons (Fsp3) is 0.130. The molecule has 1 N–H and O–H groups in total. The van der Waals surface area contributed by atoms with E-state index in [0.29, 0.717) is 5.75 Å². The first kappa shape index (κ1) is 17.5. The maximum Gasteiger partial charge on any atom is 0.115 e. The van der Waals surface area contributed by atoms with Gasteiger partial charge in [-0.2, -0.15) is 0 Å². The van der Waals surface area contributed by atoms with E-state index in [0.717, 1.165) is 22.9 Å². The number of benzene rings is 3. The molecule has 0 spiro atoms. The Morgan fingerprint density at radius 3 is 1.96 bits per heavy atom. The Hall–Kier alpha value is -2.32. The number of rotatable bonds is 5. The molecule has 0 fully saturated rings. The van der Waals surface area contributed by atoms with Gasteiger partial charge in [-0.15, -0.1) is 0 Å². The van der Waals surface area contributed by atoms with Crippen molar-refractivity contribution in [1.29, 1.82) is 0 Å². The average Bonchev–Trinajstić information content (AvgIpc) is 2.65. The number of phenolic OH excluding ortho intramolecular Hbond substituents is 1. The molecule has 3 aromatic rings. The summed E-state index contributed by atoms with van der Waals surface area (Å²) in [5.41, 5.74) is 6.32. The molecule has 0 aliphatic carbocycles. The molecule has 0 saturated heterocycles. The Balaban J connectivity index is 2.11. The average molecular weight is 393 g/mol. The predicted molar refractivity (Wildman–Crippen MR) is 109 cm³/mol. The summed E-state index contributed by atoms with van der Waals surface area (Å²) < 4.78 is 1.09. The van der Waals surface area contributed by atoms with Gasteiger partial charge in [0.1, 0.15) is 5.75 Å². The van der Waals surface area contributed by atoms with E-state index in [1.807, 2.05) is 18.2 Å². The fourth-order valence-corrected chi connectivity index (χ4v) is 3.35. The van der Waals surface area contributed by atoms with Crippen LogP contribution >= 0.6 is 15.9 Å². The van der Waals surface area contributed by atoms with Gasteiger partial charge in [0.2, 0.25) is 0 Å². The van der Waals surface area contributed by atoms with E-state index in [2.05, 4.69) is 71.4 Å². The molecule has 25 heavy (non-hydrogen) atoms. The number of aromatic hydroxyl groups is 1. The summed E-state index contributed by atoms with van der Waals surface area (Å²) in [5, 5.41) is 9.65. The Morgan fingerprint density at radius 2 is 1.36 bits per heavy atom. The summed E-state index contributed by atoms with van der Waals surface area (Å²) in [6.07, 6.45) is 1.81. The van der Waals surface area contributed by atoms with Crippen molar-refractivity contribution < 1.29 is 5.11 Å². The number of hydrogen-bond acceptors (Lipinski definition) is 1. The number of hydrogen-bond donors (Lipinski definition) is 1. The van der Waals surface area contributed by atoms with E-state index in [-0.39, 0.29) is 0 Å². The standard InChI is InChI=1S/C23H21BrO/c1-2-22(18-6-4-3-5-7-18)23(19-10-14-21(25)15-11-19)16-17-8-12-20(24)13-9-17/h3-15,25H,2,16H2,1H3/b23-22-. The van der Waals surface area contributed by atoms with Gasteiger partial charge < -0.3 is 5.11 Å². The highest BCUT2D eigenvalue weighted by Gasteiger charge is 2.11. The highest BCUT2D eigenvalue weighted by Crippen LogP contribution is 2.32. The van der Waals surface area contributed by atoms with Gasteiger partial charge in [0.15, 0.2) is 0 Å². The lowest BCUT2D eigenvalue weighted by molar-refractivity contribution is 0.475. The molecule has 3 rings (SSSR count). The van der Waals surface area contributed by atoms with Gasteiger partial charge in [-0.05, 0) is 64.9 Å². The third kappa shape index (κ3) is 4.40. The second-order valence-electron chi connectivity index (χ2n) is 6.03. The van der Waals surface area contributed by atoms with Crippen LogP contribution in [0, 0.1) is 0 Å². The molecule has 0 aliphatic heterocycles. The molecule has 2 heteroatoms. The predicted octanol–water partition coefficient (Wildman–Crippen LogP) is 6.72. The summed E-state index contributed by atoms with van der Waals surface area (Å²) in [5.74, 6) is 0.296. The first-order valence-corrected chi connectivity index (χ1v) is 9.28. The maximum absolute atomic E-state index is 9.65. The summed E-state index contributed by atoms with van der Waals surface area (Å²) in [6, 6.07) is 26.5. The van der Waals surface area contributed by atoms with Crippen LogP contribution in [-0.2, 0) is 6.42 Å². The number of phenols is 1. The molecule has 0 saturated carbocycles. The number of halogens is 1. The zero-order chi connectivity index (χ0) is 17.6. The first-order chi connectivity index (χ1) is 12.2. The SMILES string of the molecule is CC/C(=C(\Cc1ccc(Br)cc1)c1ccc(O)cc1)c1ccccc1. The zero-order valence-corrected chi connectivity index (χ0v) is 15.8. The van der Waals surface area contributed by atoms with Crippen molar-refractivity contribution in [3.05, 3.63) is 100 Å². The molecule has 1 nitrogen and oxygen atoms in total. The lowest BCUT2D eigenvalue weighted by Gasteiger charge is -2.16. The van der Waals surface area contributed by atoms with Gasteiger partial charge >= 0.3 is 0 Å². The topological polar surface area (TPSA) is 20.2 Å². The minimum Gasteiger partial charge on any atom is -0.508 e. The third-order valence-corrected chi connectivity index (χ3v) is 4.88. The van der Waals surface area contributed by atoms with Crippen molar-refractivity contribution in [1.82, 2.24) is 0 Å². The second kappa shape index (κ2) is 8.17. The molecule has 0 amide bonds. The summed E-state index contributed by atoms with van der Waals surface area (Å²) in [7, 11) is 0. The molecule has 0 heterocycles. The monoisotopic (exact) mass is 392 g/mol. The maximum atomic E-state index is 9.65. The minimum absolute atomic E-state index is 0.296. The Labute approximate surface area is 157 Å². The first-order valence-electron chi connectivity index (χ1n) is 8.48. The van der Waals surface area contributed by atoms with Gasteiger partial charge in [0, 0.05) is 4.47 Å². The van der Waals surface area contributed by atoms with E-state index in [4.69, 9.17) is 0 Å². The van der Waals surface area contributed by atoms with Crippen LogP contribution in [0.5, 0.6) is 5.75 Å². The van der Waals surface area contributed by atoms with Crippen molar-refractivity contribution in [3.63, 3.8) is 0 Å². The minimum atomic E-state index is 0.296. The van der Waals surface area contributed by atoms with Crippen LogP contribution < -0.4 is 0 Å². The quantitative estimate of drug-likeness (QED) is 0.477. The van der Waals surface area contributed by atoms with Crippen molar-refractivity contribution in [3.8, 4) is 5.75 Å². The van der Waals surface area contributed by atoms with Crippen molar-refractivity contribution >= 4 is 27.1 Å². The fourth-order valence-electron chi connectivity index (χ4n) is 3.08. The summed E-state index contributed by atoms with van der Waals surface area (Å²) in [6.45, 7) is 2.20. The van der Waals surface area contributed by atoms with Crippen LogP contribution in [0.15, 0.2) is 83.3 Å². The van der Waals surface area contributed by atoms with Crippen LogP contribution in [-0.4, -0.2) is 5.11 Å². The number of allylic oxidation sites excluding steroid dienone is 2. The normalized spacial score (nSPS) is 11.9. The molecule has 0 radical (unpaired) electrons. The van der Waals surface area contributed by atoms with Crippen LogP contribution in [0.3, 0.4) is 0 Å². The second-order valence-corrected chi connectivity index (χ2v) is 6.94. The molecule has 0 aliphatic rings. The zero-order valence-electron chi connectivity index (χ0n) is 14.2. The highest BCUT2D eigenvalue weighted by molar-refractivity contribution is 9.10. The van der Waals surface area contributed by atoms with E-state index in [9.17, 15) is 5.11 Å². The lowest BCUT2D eigenvalue weighted by Crippen LogP contribution is -1.97. The molecule has 3 aromatic carbocycles. The van der Waals surface area contributed by atoms with E-state index < -0.39 is 0 Å². The Kier molecular flexibility index (Phi) is 5.72. The smallest absolute Gasteiger partial charge is 0.115 e. The molecular formula is C23H21BrO.